The summed E-state index contributed by atoms with van der Waals surface area (Å²) >= 11 is 0. The van der Waals surface area contributed by atoms with Gasteiger partial charge in [0.25, 0.3) is 0 Å². The zero-order chi connectivity index (χ0) is 22.4. The Kier molecular flexibility index (Phi) is 9.90. The van der Waals surface area contributed by atoms with E-state index < -0.39 is 0 Å². The molecule has 0 spiro atoms. The van der Waals surface area contributed by atoms with Crippen molar-refractivity contribution in [2.24, 2.45) is 0 Å². The van der Waals surface area contributed by atoms with Crippen LogP contribution in [0.2, 0.25) is 0 Å². The molecular weight excluding hydrogens is 436 g/mol. The second kappa shape index (κ2) is 12.2. The summed E-state index contributed by atoms with van der Waals surface area (Å²) in [4.78, 5) is 0. The topological polar surface area (TPSA) is 0 Å². The second-order valence-corrected chi connectivity index (χ2v) is 9.65. The smallest absolute Gasteiger partial charge is 0.0175 e. The Balaban J connectivity index is 0.000000220. The minimum Gasteiger partial charge on any atom is -0.0660 e. The van der Waals surface area contributed by atoms with Gasteiger partial charge in [-0.15, -0.1) is 0 Å². The van der Waals surface area contributed by atoms with E-state index in [-0.39, 0.29) is 21.7 Å². The number of rotatable bonds is 3. The van der Waals surface area contributed by atoms with Crippen molar-refractivity contribution in [1.29, 1.82) is 0 Å². The van der Waals surface area contributed by atoms with E-state index in [4.69, 9.17) is 0 Å². The first kappa shape index (κ1) is 26.1. The Hall–Kier alpha value is -2.19. The molecule has 1 aliphatic rings. The van der Waals surface area contributed by atoms with Crippen LogP contribution < -0.4 is 0 Å². The maximum absolute atomic E-state index is 2.34. The van der Waals surface area contributed by atoms with Crippen LogP contribution in [0.1, 0.15) is 58.3 Å². The summed E-state index contributed by atoms with van der Waals surface area (Å²) in [6, 6.07) is 22.9. The molecule has 32 heavy (non-hydrogen) atoms. The Morgan fingerprint density at radius 1 is 0.688 bits per heavy atom. The number of hydrogen-bond donors (Lipinski definition) is 0. The van der Waals surface area contributed by atoms with Gasteiger partial charge in [-0.1, -0.05) is 96.6 Å². The Morgan fingerprint density at radius 2 is 1.16 bits per heavy atom. The Morgan fingerprint density at radius 3 is 1.62 bits per heavy atom. The molecule has 1 unspecified atom stereocenters. The van der Waals surface area contributed by atoms with Crippen LogP contribution in [0.25, 0.3) is 17.7 Å². The van der Waals surface area contributed by atoms with Crippen LogP contribution in [-0.2, 0) is 21.7 Å². The summed E-state index contributed by atoms with van der Waals surface area (Å²) in [5, 5.41) is 0. The van der Waals surface area contributed by atoms with Gasteiger partial charge in [-0.3, -0.25) is 0 Å². The summed E-state index contributed by atoms with van der Waals surface area (Å²) in [6.07, 6.45) is 8.31. The second-order valence-electron chi connectivity index (χ2n) is 8.49. The first-order valence-corrected chi connectivity index (χ1v) is 12.3. The van der Waals surface area contributed by atoms with Crippen molar-refractivity contribution in [3.05, 3.63) is 123 Å². The number of fused-ring (bicyclic) bond motifs is 1. The summed E-state index contributed by atoms with van der Waals surface area (Å²) in [7, 11) is 1.24. The van der Waals surface area contributed by atoms with Crippen molar-refractivity contribution in [1.82, 2.24) is 0 Å². The summed E-state index contributed by atoms with van der Waals surface area (Å²) in [5.41, 5.74) is 14.0. The molecule has 162 valence electrons. The first-order chi connectivity index (χ1) is 14.9. The first-order valence-electron chi connectivity index (χ1n) is 11.1. The Labute approximate surface area is 212 Å². The molecule has 0 bridgehead atoms. The third-order valence-electron chi connectivity index (χ3n) is 6.43. The number of allylic oxidation sites excluding steroid dienone is 4. The quantitative estimate of drug-likeness (QED) is 0.280. The molecule has 0 amide bonds. The van der Waals surface area contributed by atoms with E-state index in [9.17, 15) is 0 Å². The van der Waals surface area contributed by atoms with E-state index in [1.807, 2.05) is 36.4 Å². The number of aryl methyl sites for hydroxylation is 2. The fourth-order valence-corrected chi connectivity index (χ4v) is 5.51. The molecule has 0 radical (unpaired) electrons. The Bertz CT molecular complexity index is 1070. The van der Waals surface area contributed by atoms with Crippen molar-refractivity contribution in [3.63, 3.8) is 0 Å². The van der Waals surface area contributed by atoms with E-state index in [2.05, 4.69) is 89.3 Å². The van der Waals surface area contributed by atoms with Crippen LogP contribution in [-0.4, -0.2) is 10.2 Å². The zero-order valence-corrected chi connectivity index (χ0v) is 23.8. The van der Waals surface area contributed by atoms with Crippen LogP contribution in [0.5, 0.6) is 0 Å². The van der Waals surface area contributed by atoms with Crippen molar-refractivity contribution >= 4 is 28.0 Å². The number of hydrogen-bond acceptors (Lipinski definition) is 0. The maximum Gasteiger partial charge on any atom is 0.0175 e. The van der Waals surface area contributed by atoms with Crippen LogP contribution in [0.15, 0.2) is 84.5 Å². The van der Waals surface area contributed by atoms with E-state index in [1.54, 1.807) is 16.7 Å². The molecule has 0 saturated carbocycles. The average Bonchev–Trinajstić information content (AvgIpc) is 3.01. The molecule has 0 aromatic heterocycles. The third-order valence-corrected chi connectivity index (χ3v) is 7.87. The molecule has 0 heterocycles. The minimum atomic E-state index is 0. The summed E-state index contributed by atoms with van der Waals surface area (Å²) in [6.45, 7) is 11.4. The maximum atomic E-state index is 2.34. The summed E-state index contributed by atoms with van der Waals surface area (Å²) < 4.78 is 0. The molecule has 0 fully saturated rings. The average molecular weight is 471 g/mol. The molecule has 4 rings (SSSR count). The van der Waals surface area contributed by atoms with Crippen molar-refractivity contribution in [3.8, 4) is 0 Å². The zero-order valence-electron chi connectivity index (χ0n) is 20.2. The van der Waals surface area contributed by atoms with Crippen LogP contribution >= 0.6 is 0 Å². The molecule has 3 aromatic rings. The van der Waals surface area contributed by atoms with E-state index in [1.165, 1.54) is 43.6 Å². The normalized spacial score (nSPS) is 15.0. The van der Waals surface area contributed by atoms with Gasteiger partial charge < -0.3 is 0 Å². The standard InChI is InChI=1S/C16H14.C14H20Si.Ti/c1-3-9-15(10-4-1)13-7-8-14-16-11-5-2-6-12-16;1-7-6-8(2)12-10(4)11(5)14(15)13(12)9(7)3;/h1-14H;6,14H,1-5,15H3;. The largest absolute Gasteiger partial charge is 0.0660 e. The van der Waals surface area contributed by atoms with Gasteiger partial charge >= 0.3 is 0 Å². The van der Waals surface area contributed by atoms with Crippen LogP contribution in [0, 0.1) is 20.8 Å². The van der Waals surface area contributed by atoms with E-state index >= 15 is 0 Å². The molecule has 2 heteroatoms. The van der Waals surface area contributed by atoms with Crippen molar-refractivity contribution < 1.29 is 21.7 Å². The molecule has 0 saturated heterocycles. The van der Waals surface area contributed by atoms with Crippen molar-refractivity contribution in [2.75, 3.05) is 0 Å². The van der Waals surface area contributed by atoms with Gasteiger partial charge in [0, 0.05) is 32.0 Å². The van der Waals surface area contributed by atoms with Gasteiger partial charge in [-0.2, -0.15) is 0 Å². The SMILES string of the molecule is C(C=Cc1ccccc1)=Cc1ccccc1.CC1=C(C)C([SiH3])c2c(C)c(C)cc(C)c21.[Ti]. The predicted octanol–water partition coefficient (Wildman–Crippen LogP) is 7.24. The fraction of sp³-hybridized carbons (Fsp3) is 0.200. The van der Waals surface area contributed by atoms with Crippen molar-refractivity contribution in [2.45, 2.75) is 40.2 Å². The predicted molar refractivity (Wildman–Crippen MR) is 143 cm³/mol. The van der Waals surface area contributed by atoms with E-state index in [0.717, 1.165) is 5.54 Å². The van der Waals surface area contributed by atoms with Gasteiger partial charge in [0.2, 0.25) is 0 Å². The minimum absolute atomic E-state index is 0. The monoisotopic (exact) mass is 470 g/mol. The molecule has 0 aliphatic heterocycles. The van der Waals surface area contributed by atoms with Gasteiger partial charge in [-0.25, -0.2) is 0 Å². The van der Waals surface area contributed by atoms with Gasteiger partial charge in [0.05, 0.1) is 0 Å². The molecule has 1 atom stereocenters. The molecule has 0 N–H and O–H groups in total. The van der Waals surface area contributed by atoms with Gasteiger partial charge in [0.15, 0.2) is 0 Å². The molecule has 3 aromatic carbocycles. The molecule has 1 aliphatic carbocycles. The fourth-order valence-electron chi connectivity index (χ4n) is 4.36. The van der Waals surface area contributed by atoms with Crippen LogP contribution in [0.4, 0.5) is 0 Å². The summed E-state index contributed by atoms with van der Waals surface area (Å²) in [5.74, 6) is 0. The van der Waals surface area contributed by atoms with Gasteiger partial charge in [-0.05, 0) is 84.7 Å². The van der Waals surface area contributed by atoms with Gasteiger partial charge in [0.1, 0.15) is 0 Å². The van der Waals surface area contributed by atoms with E-state index in [0.29, 0.717) is 0 Å². The molecular formula is C30H34SiTi. The van der Waals surface area contributed by atoms with Crippen LogP contribution in [0.3, 0.4) is 0 Å². The molecule has 0 nitrogen and oxygen atoms in total. The number of benzene rings is 3. The third kappa shape index (κ3) is 6.19.